The van der Waals surface area contributed by atoms with E-state index in [4.69, 9.17) is 14.5 Å². The molecule has 0 fully saturated rings. The summed E-state index contributed by atoms with van der Waals surface area (Å²) in [6.07, 6.45) is 2.14. The van der Waals surface area contributed by atoms with Gasteiger partial charge in [0.15, 0.2) is 5.82 Å². The Hall–Kier alpha value is -3.07. The zero-order valence-corrected chi connectivity index (χ0v) is 11.1. The van der Waals surface area contributed by atoms with Crippen LogP contribution in [0.15, 0.2) is 47.1 Å². The predicted octanol–water partition coefficient (Wildman–Crippen LogP) is 2.56. The van der Waals surface area contributed by atoms with E-state index in [2.05, 4.69) is 15.1 Å². The number of hydrogen-bond donors (Lipinski definition) is 1. The second kappa shape index (κ2) is 5.92. The van der Waals surface area contributed by atoms with E-state index >= 15 is 0 Å². The molecule has 104 valence electrons. The van der Waals surface area contributed by atoms with Crippen LogP contribution in [-0.4, -0.2) is 21.7 Å². The van der Waals surface area contributed by atoms with Crippen molar-refractivity contribution >= 4 is 0 Å². The smallest absolute Gasteiger partial charge is 0.274 e. The van der Waals surface area contributed by atoms with E-state index in [9.17, 15) is 0 Å². The zero-order chi connectivity index (χ0) is 14.5. The van der Waals surface area contributed by atoms with Crippen LogP contribution in [0.25, 0.3) is 11.6 Å². The van der Waals surface area contributed by atoms with E-state index in [-0.39, 0.29) is 0 Å². The summed E-state index contributed by atoms with van der Waals surface area (Å²) in [7, 11) is 0. The molecule has 0 aliphatic heterocycles. The maximum absolute atomic E-state index is 8.77. The van der Waals surface area contributed by atoms with Gasteiger partial charge in [-0.3, -0.25) is 0 Å². The molecule has 0 bridgehead atoms. The predicted molar refractivity (Wildman–Crippen MR) is 74.4 cm³/mol. The molecule has 0 unspecified atom stereocenters. The Labute approximate surface area is 121 Å². The van der Waals surface area contributed by atoms with Gasteiger partial charge < -0.3 is 14.2 Å². The lowest BCUT2D eigenvalue weighted by molar-refractivity contribution is 0.315. The standard InChI is InChI=1S/C15H12N4O2/c16-9-11-8-13(17-10-11)15-18-14(19-21-15)6-7-20-12-4-2-1-3-5-12/h1-5,8,10,17H,6-7H2. The van der Waals surface area contributed by atoms with Gasteiger partial charge in [-0.1, -0.05) is 23.4 Å². The highest BCUT2D eigenvalue weighted by atomic mass is 16.5. The van der Waals surface area contributed by atoms with Crippen LogP contribution in [0.4, 0.5) is 0 Å². The van der Waals surface area contributed by atoms with Crippen LogP contribution >= 0.6 is 0 Å². The number of nitriles is 1. The van der Waals surface area contributed by atoms with Crippen LogP contribution < -0.4 is 4.74 Å². The fourth-order valence-corrected chi connectivity index (χ4v) is 1.82. The van der Waals surface area contributed by atoms with Crippen LogP contribution in [0, 0.1) is 11.3 Å². The van der Waals surface area contributed by atoms with Gasteiger partial charge in [0.05, 0.1) is 12.2 Å². The number of aromatic nitrogens is 3. The summed E-state index contributed by atoms with van der Waals surface area (Å²) < 4.78 is 10.7. The van der Waals surface area contributed by atoms with Crippen molar-refractivity contribution in [1.82, 2.24) is 15.1 Å². The van der Waals surface area contributed by atoms with Crippen molar-refractivity contribution in [3.05, 3.63) is 54.0 Å². The fraction of sp³-hybridized carbons (Fsp3) is 0.133. The normalized spacial score (nSPS) is 10.2. The monoisotopic (exact) mass is 280 g/mol. The summed E-state index contributed by atoms with van der Waals surface area (Å²) in [5, 5.41) is 12.7. The highest BCUT2D eigenvalue weighted by molar-refractivity contribution is 5.51. The van der Waals surface area contributed by atoms with Gasteiger partial charge in [-0.2, -0.15) is 10.2 Å². The van der Waals surface area contributed by atoms with Crippen molar-refractivity contribution in [3.63, 3.8) is 0 Å². The average Bonchev–Trinajstić information content (AvgIpc) is 3.17. The van der Waals surface area contributed by atoms with Gasteiger partial charge in [-0.15, -0.1) is 0 Å². The number of hydrogen-bond acceptors (Lipinski definition) is 5. The molecule has 1 N–H and O–H groups in total. The number of H-pyrrole nitrogens is 1. The minimum atomic E-state index is 0.367. The number of rotatable bonds is 5. The fourth-order valence-electron chi connectivity index (χ4n) is 1.82. The average molecular weight is 280 g/mol. The molecule has 0 amide bonds. The molecule has 0 aliphatic carbocycles. The maximum atomic E-state index is 8.77. The molecule has 0 aliphatic rings. The summed E-state index contributed by atoms with van der Waals surface area (Å²) in [6, 6.07) is 13.3. The van der Waals surface area contributed by atoms with Gasteiger partial charge in [-0.05, 0) is 18.2 Å². The van der Waals surface area contributed by atoms with E-state index < -0.39 is 0 Å². The van der Waals surface area contributed by atoms with Gasteiger partial charge >= 0.3 is 0 Å². The quantitative estimate of drug-likeness (QED) is 0.776. The number of benzene rings is 1. The van der Waals surface area contributed by atoms with Gasteiger partial charge in [0.25, 0.3) is 5.89 Å². The Morgan fingerprint density at radius 3 is 2.90 bits per heavy atom. The minimum absolute atomic E-state index is 0.367. The third-order valence-corrected chi connectivity index (χ3v) is 2.85. The number of aromatic amines is 1. The highest BCUT2D eigenvalue weighted by Gasteiger charge is 2.11. The third kappa shape index (κ3) is 3.09. The van der Waals surface area contributed by atoms with Gasteiger partial charge in [0, 0.05) is 12.6 Å². The Bertz CT molecular complexity index is 755. The second-order valence-electron chi connectivity index (χ2n) is 4.34. The third-order valence-electron chi connectivity index (χ3n) is 2.85. The summed E-state index contributed by atoms with van der Waals surface area (Å²) in [5.41, 5.74) is 1.16. The highest BCUT2D eigenvalue weighted by Crippen LogP contribution is 2.17. The lowest BCUT2D eigenvalue weighted by atomic mass is 10.3. The molecule has 6 nitrogen and oxygen atoms in total. The molecule has 0 spiro atoms. The Kier molecular flexibility index (Phi) is 3.65. The molecule has 1 aromatic carbocycles. The first-order chi connectivity index (χ1) is 10.3. The summed E-state index contributed by atoms with van der Waals surface area (Å²) in [6.45, 7) is 0.469. The van der Waals surface area contributed by atoms with Crippen LogP contribution in [0.3, 0.4) is 0 Å². The van der Waals surface area contributed by atoms with Crippen molar-refractivity contribution in [2.24, 2.45) is 0 Å². The molecule has 2 aromatic heterocycles. The first-order valence-electron chi connectivity index (χ1n) is 6.44. The molecule has 3 aromatic rings. The molecule has 2 heterocycles. The maximum Gasteiger partial charge on any atom is 0.274 e. The van der Waals surface area contributed by atoms with Crippen LogP contribution in [-0.2, 0) is 6.42 Å². The van der Waals surface area contributed by atoms with Crippen molar-refractivity contribution < 1.29 is 9.26 Å². The SMILES string of the molecule is N#Cc1c[nH]c(-c2nc(CCOc3ccccc3)no2)c1. The molecule has 21 heavy (non-hydrogen) atoms. The molecular weight excluding hydrogens is 268 g/mol. The van der Waals surface area contributed by atoms with Gasteiger partial charge in [0.1, 0.15) is 17.5 Å². The molecule has 0 radical (unpaired) electrons. The van der Waals surface area contributed by atoms with E-state index in [1.54, 1.807) is 12.3 Å². The Balaban J connectivity index is 1.59. The van der Waals surface area contributed by atoms with Crippen LogP contribution in [0.2, 0.25) is 0 Å². The van der Waals surface area contributed by atoms with Crippen molar-refractivity contribution in [1.29, 1.82) is 5.26 Å². The van der Waals surface area contributed by atoms with Crippen LogP contribution in [0.1, 0.15) is 11.4 Å². The van der Waals surface area contributed by atoms with Gasteiger partial charge in [0.2, 0.25) is 0 Å². The lowest BCUT2D eigenvalue weighted by Gasteiger charge is -2.02. The molecular formula is C15H12N4O2. The van der Waals surface area contributed by atoms with Gasteiger partial charge in [-0.25, -0.2) is 0 Å². The number of nitrogens with one attached hydrogen (secondary N) is 1. The van der Waals surface area contributed by atoms with E-state index in [0.717, 1.165) is 5.75 Å². The largest absolute Gasteiger partial charge is 0.493 e. The molecule has 3 rings (SSSR count). The first kappa shape index (κ1) is 12.9. The number of ether oxygens (including phenoxy) is 1. The molecule has 0 saturated carbocycles. The van der Waals surface area contributed by atoms with Crippen LogP contribution in [0.5, 0.6) is 5.75 Å². The van der Waals surface area contributed by atoms with Crippen molar-refractivity contribution in [2.75, 3.05) is 6.61 Å². The Morgan fingerprint density at radius 2 is 2.14 bits per heavy atom. The van der Waals surface area contributed by atoms with E-state index in [1.807, 2.05) is 36.4 Å². The molecule has 0 saturated heterocycles. The lowest BCUT2D eigenvalue weighted by Crippen LogP contribution is -2.02. The summed E-state index contributed by atoms with van der Waals surface area (Å²) >= 11 is 0. The number of nitrogens with zero attached hydrogens (tertiary/aromatic N) is 3. The van der Waals surface area contributed by atoms with E-state index in [0.29, 0.717) is 36.0 Å². The molecule has 0 atom stereocenters. The first-order valence-corrected chi connectivity index (χ1v) is 6.44. The zero-order valence-electron chi connectivity index (χ0n) is 11.1. The molecule has 6 heteroatoms. The van der Waals surface area contributed by atoms with Crippen molar-refractivity contribution in [3.8, 4) is 23.4 Å². The summed E-state index contributed by atoms with van der Waals surface area (Å²) in [4.78, 5) is 7.18. The summed E-state index contributed by atoms with van der Waals surface area (Å²) in [5.74, 6) is 1.74. The van der Waals surface area contributed by atoms with E-state index in [1.165, 1.54) is 0 Å². The topological polar surface area (TPSA) is 87.7 Å². The number of para-hydroxylation sites is 1. The second-order valence-corrected chi connectivity index (χ2v) is 4.34. The Morgan fingerprint density at radius 1 is 1.29 bits per heavy atom. The minimum Gasteiger partial charge on any atom is -0.493 e. The van der Waals surface area contributed by atoms with Crippen molar-refractivity contribution in [2.45, 2.75) is 6.42 Å².